The number of esters is 1. The molecule has 254 valence electrons. The molecule has 1 aliphatic rings. The molecule has 1 aliphatic carbocycles. The maximum Gasteiger partial charge on any atom is 0.408 e. The van der Waals surface area contributed by atoms with Crippen LogP contribution in [0.2, 0.25) is 0 Å². The number of imidazole rings is 1. The Morgan fingerprint density at radius 2 is 1.61 bits per heavy atom. The van der Waals surface area contributed by atoms with Crippen molar-refractivity contribution in [2.75, 3.05) is 0 Å². The van der Waals surface area contributed by atoms with Gasteiger partial charge in [0.1, 0.15) is 17.7 Å². The summed E-state index contributed by atoms with van der Waals surface area (Å²) < 4.78 is 10.7. The highest BCUT2D eigenvalue weighted by Crippen LogP contribution is 2.28. The van der Waals surface area contributed by atoms with E-state index in [1.54, 1.807) is 40.8 Å². The second kappa shape index (κ2) is 17.7. The molecule has 1 aromatic carbocycles. The van der Waals surface area contributed by atoms with E-state index in [4.69, 9.17) is 9.47 Å². The van der Waals surface area contributed by atoms with E-state index in [0.717, 1.165) is 37.7 Å². The maximum absolute atomic E-state index is 13.9. The number of aliphatic hydroxyl groups excluding tert-OH is 1. The minimum absolute atomic E-state index is 0.0731. The number of hydrogen-bond acceptors (Lipinski definition) is 8. The fraction of sp³-hybridized carbons (Fsp3) is 0.618. The molecule has 0 aliphatic heterocycles. The quantitative estimate of drug-likeness (QED) is 0.183. The summed E-state index contributed by atoms with van der Waals surface area (Å²) in [6.45, 7) is 8.65. The van der Waals surface area contributed by atoms with E-state index in [9.17, 15) is 24.3 Å². The second-order valence-electron chi connectivity index (χ2n) is 13.4. The Labute approximate surface area is 271 Å². The minimum atomic E-state index is -1.18. The molecule has 1 saturated carbocycles. The molecule has 3 rings (SSSR count). The van der Waals surface area contributed by atoms with Crippen LogP contribution >= 0.6 is 0 Å². The third kappa shape index (κ3) is 13.2. The van der Waals surface area contributed by atoms with Crippen molar-refractivity contribution in [1.82, 2.24) is 25.9 Å². The van der Waals surface area contributed by atoms with Crippen LogP contribution in [-0.4, -0.2) is 74.9 Å². The predicted octanol–water partition coefficient (Wildman–Crippen LogP) is 3.73. The molecule has 46 heavy (non-hydrogen) atoms. The van der Waals surface area contributed by atoms with Gasteiger partial charge in [0, 0.05) is 24.7 Å². The van der Waals surface area contributed by atoms with Crippen LogP contribution in [0.25, 0.3) is 0 Å². The molecule has 4 atom stereocenters. The summed E-state index contributed by atoms with van der Waals surface area (Å²) in [5.41, 5.74) is 0.624. The molecule has 1 aromatic heterocycles. The Kier molecular flexibility index (Phi) is 14.0. The second-order valence-corrected chi connectivity index (χ2v) is 13.4. The van der Waals surface area contributed by atoms with Gasteiger partial charge in [-0.15, -0.1) is 0 Å². The fourth-order valence-electron chi connectivity index (χ4n) is 5.61. The van der Waals surface area contributed by atoms with E-state index in [1.807, 2.05) is 30.3 Å². The van der Waals surface area contributed by atoms with Gasteiger partial charge in [0.25, 0.3) is 0 Å². The van der Waals surface area contributed by atoms with Crippen molar-refractivity contribution in [3.05, 3.63) is 54.1 Å². The Hall–Kier alpha value is -3.93. The number of rotatable bonds is 15. The molecule has 5 N–H and O–H groups in total. The zero-order chi connectivity index (χ0) is 33.7. The van der Waals surface area contributed by atoms with Crippen molar-refractivity contribution in [3.8, 4) is 0 Å². The van der Waals surface area contributed by atoms with Crippen molar-refractivity contribution in [1.29, 1.82) is 0 Å². The predicted molar refractivity (Wildman–Crippen MR) is 173 cm³/mol. The van der Waals surface area contributed by atoms with Crippen LogP contribution in [0.1, 0.15) is 90.8 Å². The number of aliphatic hydroxyl groups is 1. The first-order valence-corrected chi connectivity index (χ1v) is 16.3. The van der Waals surface area contributed by atoms with Crippen molar-refractivity contribution >= 4 is 23.9 Å². The molecular formula is C34H51N5O7. The van der Waals surface area contributed by atoms with Gasteiger partial charge in [-0.05, 0) is 52.5 Å². The average molecular weight is 642 g/mol. The van der Waals surface area contributed by atoms with Crippen molar-refractivity contribution in [3.63, 3.8) is 0 Å². The van der Waals surface area contributed by atoms with Crippen LogP contribution in [0, 0.1) is 5.92 Å². The van der Waals surface area contributed by atoms with Gasteiger partial charge in [0.05, 0.1) is 31.0 Å². The molecule has 2 aromatic rings. The number of carbonyl (C=O) groups excluding carboxylic acids is 4. The number of amides is 3. The smallest absolute Gasteiger partial charge is 0.408 e. The van der Waals surface area contributed by atoms with Gasteiger partial charge in [0.15, 0.2) is 0 Å². The van der Waals surface area contributed by atoms with Gasteiger partial charge < -0.3 is 35.5 Å². The largest absolute Gasteiger partial charge is 0.463 e. The number of nitrogens with zero attached hydrogens (tertiary/aromatic N) is 1. The molecule has 3 amide bonds. The summed E-state index contributed by atoms with van der Waals surface area (Å²) in [6.07, 6.45) is 6.45. The standard InChI is InChI=1S/C34H51N5O7/c1-22(2)45-30(41)19-29(40)26(16-23-12-8-6-9-13-23)37-32(43)28(18-25-20-35-21-36-25)38-31(42)27(17-24-14-10-7-11-15-24)39-33(44)46-34(3,4)5/h7,10-11,14-15,20-23,26-29,40H,6,8-9,12-13,16-19H2,1-5H3,(H,35,36)(H,37,43)(H,38,42)(H,39,44)/t26?,27-,28-,29?/m0/s1. The van der Waals surface area contributed by atoms with Crippen LogP contribution in [0.5, 0.6) is 0 Å². The lowest BCUT2D eigenvalue weighted by molar-refractivity contribution is -0.150. The summed E-state index contributed by atoms with van der Waals surface area (Å²) in [7, 11) is 0. The third-order valence-electron chi connectivity index (χ3n) is 7.75. The molecule has 1 fully saturated rings. The molecule has 0 spiro atoms. The number of H-pyrrole nitrogens is 1. The minimum Gasteiger partial charge on any atom is -0.463 e. The van der Waals surface area contributed by atoms with Crippen LogP contribution in [0.15, 0.2) is 42.9 Å². The van der Waals surface area contributed by atoms with Crippen LogP contribution in [-0.2, 0) is 36.7 Å². The molecule has 1 heterocycles. The average Bonchev–Trinajstić information content (AvgIpc) is 3.49. The molecule has 12 nitrogen and oxygen atoms in total. The van der Waals surface area contributed by atoms with Gasteiger partial charge in [-0.25, -0.2) is 9.78 Å². The first-order valence-electron chi connectivity index (χ1n) is 16.3. The van der Waals surface area contributed by atoms with Gasteiger partial charge in [-0.2, -0.15) is 0 Å². The number of ether oxygens (including phenoxy) is 2. The highest BCUT2D eigenvalue weighted by atomic mass is 16.6. The van der Waals surface area contributed by atoms with E-state index in [2.05, 4.69) is 25.9 Å². The SMILES string of the molecule is CC(C)OC(=O)CC(O)C(CC1CCCCC1)NC(=O)[C@H](Cc1cnc[nH]1)NC(=O)[C@H](Cc1ccccc1)NC(=O)OC(C)(C)C. The molecule has 0 bridgehead atoms. The number of carbonyl (C=O) groups is 4. The van der Waals surface area contributed by atoms with Gasteiger partial charge >= 0.3 is 12.1 Å². The summed E-state index contributed by atoms with van der Waals surface area (Å²) in [6, 6.07) is 6.32. The Balaban J connectivity index is 1.82. The highest BCUT2D eigenvalue weighted by molar-refractivity contribution is 5.91. The lowest BCUT2D eigenvalue weighted by Gasteiger charge is -2.31. The first kappa shape index (κ1) is 36.5. The molecule has 2 unspecified atom stereocenters. The normalized spacial score (nSPS) is 16.5. The van der Waals surface area contributed by atoms with Gasteiger partial charge in [-0.3, -0.25) is 14.4 Å². The summed E-state index contributed by atoms with van der Waals surface area (Å²) in [4.78, 5) is 59.9. The fourth-order valence-corrected chi connectivity index (χ4v) is 5.61. The number of hydrogen-bond donors (Lipinski definition) is 5. The van der Waals surface area contributed by atoms with Crippen LogP contribution in [0.4, 0.5) is 4.79 Å². The van der Waals surface area contributed by atoms with Crippen LogP contribution in [0.3, 0.4) is 0 Å². The van der Waals surface area contributed by atoms with E-state index >= 15 is 0 Å². The zero-order valence-electron chi connectivity index (χ0n) is 27.7. The lowest BCUT2D eigenvalue weighted by atomic mass is 9.83. The van der Waals surface area contributed by atoms with Crippen molar-refractivity contribution in [2.24, 2.45) is 5.92 Å². The number of alkyl carbamates (subject to hydrolysis) is 1. The monoisotopic (exact) mass is 641 g/mol. The number of aromatic nitrogens is 2. The number of benzene rings is 1. The summed E-state index contributed by atoms with van der Waals surface area (Å²) in [5.74, 6) is -1.39. The number of aromatic amines is 1. The van der Waals surface area contributed by atoms with E-state index in [-0.39, 0.29) is 31.3 Å². The van der Waals surface area contributed by atoms with E-state index in [0.29, 0.717) is 12.1 Å². The van der Waals surface area contributed by atoms with Crippen LogP contribution < -0.4 is 16.0 Å². The van der Waals surface area contributed by atoms with E-state index < -0.39 is 53.7 Å². The van der Waals surface area contributed by atoms with Crippen molar-refractivity contribution < 1.29 is 33.8 Å². The van der Waals surface area contributed by atoms with Gasteiger partial charge in [0.2, 0.25) is 11.8 Å². The summed E-state index contributed by atoms with van der Waals surface area (Å²) >= 11 is 0. The summed E-state index contributed by atoms with van der Waals surface area (Å²) in [5, 5.41) is 19.6. The molecule has 0 saturated heterocycles. The lowest BCUT2D eigenvalue weighted by Crippen LogP contribution is -2.57. The molecular weight excluding hydrogens is 590 g/mol. The number of nitrogens with one attached hydrogen (secondary N) is 4. The Bertz CT molecular complexity index is 1240. The Morgan fingerprint density at radius 1 is 0.957 bits per heavy atom. The first-order chi connectivity index (χ1) is 21.8. The molecule has 12 heteroatoms. The topological polar surface area (TPSA) is 172 Å². The van der Waals surface area contributed by atoms with Crippen molar-refractivity contribution in [2.45, 2.75) is 128 Å². The van der Waals surface area contributed by atoms with Gasteiger partial charge in [-0.1, -0.05) is 62.4 Å². The molecule has 0 radical (unpaired) electrons. The Morgan fingerprint density at radius 3 is 2.22 bits per heavy atom. The maximum atomic E-state index is 13.9. The zero-order valence-corrected chi connectivity index (χ0v) is 27.7. The van der Waals surface area contributed by atoms with E-state index in [1.165, 1.54) is 6.33 Å². The highest BCUT2D eigenvalue weighted by Gasteiger charge is 2.33. The third-order valence-corrected chi connectivity index (χ3v) is 7.75.